The van der Waals surface area contributed by atoms with E-state index in [-0.39, 0.29) is 10.6 Å². The van der Waals surface area contributed by atoms with Crippen molar-refractivity contribution < 1.29 is 0 Å². The van der Waals surface area contributed by atoms with Gasteiger partial charge < -0.3 is 5.32 Å². The fourth-order valence-electron chi connectivity index (χ4n) is 1.74. The molecule has 7 heteroatoms. The molecular weight excluding hydrogens is 228 g/mol. The third kappa shape index (κ3) is 2.13. The van der Waals surface area contributed by atoms with E-state index >= 15 is 0 Å². The van der Waals surface area contributed by atoms with Gasteiger partial charge in [0.2, 0.25) is 5.82 Å². The third-order valence-electron chi connectivity index (χ3n) is 2.99. The van der Waals surface area contributed by atoms with E-state index in [0.29, 0.717) is 6.54 Å². The Morgan fingerprint density at radius 2 is 2.25 bits per heavy atom. The SMILES string of the molecule is CSC1(CNc2n[nH]c(=O)[nH]c2=O)CCC1. The van der Waals surface area contributed by atoms with Crippen LogP contribution >= 0.6 is 11.8 Å². The van der Waals surface area contributed by atoms with E-state index in [0.717, 1.165) is 12.8 Å². The van der Waals surface area contributed by atoms with E-state index in [2.05, 4.69) is 26.8 Å². The first-order valence-electron chi connectivity index (χ1n) is 5.13. The Kier molecular flexibility index (Phi) is 3.04. The van der Waals surface area contributed by atoms with E-state index in [1.165, 1.54) is 6.42 Å². The van der Waals surface area contributed by atoms with Crippen LogP contribution in [-0.4, -0.2) is 32.7 Å². The average molecular weight is 242 g/mol. The highest BCUT2D eigenvalue weighted by Crippen LogP contribution is 2.42. The number of hydrogen-bond acceptors (Lipinski definition) is 5. The molecule has 0 saturated heterocycles. The van der Waals surface area contributed by atoms with Crippen LogP contribution in [0.5, 0.6) is 0 Å². The predicted molar refractivity (Wildman–Crippen MR) is 64.1 cm³/mol. The van der Waals surface area contributed by atoms with Crippen molar-refractivity contribution in [3.05, 3.63) is 20.8 Å². The maximum absolute atomic E-state index is 11.3. The Bertz CT molecular complexity index is 471. The highest BCUT2D eigenvalue weighted by atomic mass is 32.2. The zero-order valence-corrected chi connectivity index (χ0v) is 9.82. The van der Waals surface area contributed by atoms with Crippen LogP contribution in [0.2, 0.25) is 0 Å². The number of nitrogens with one attached hydrogen (secondary N) is 3. The van der Waals surface area contributed by atoms with Crippen molar-refractivity contribution in [1.29, 1.82) is 0 Å². The summed E-state index contributed by atoms with van der Waals surface area (Å²) < 4.78 is 0.226. The number of rotatable bonds is 4. The largest absolute Gasteiger partial charge is 0.363 e. The van der Waals surface area contributed by atoms with Gasteiger partial charge in [-0.05, 0) is 19.1 Å². The number of aromatic nitrogens is 3. The number of aromatic amines is 2. The van der Waals surface area contributed by atoms with Crippen LogP contribution in [0.15, 0.2) is 9.59 Å². The number of thioether (sulfide) groups is 1. The Labute approximate surface area is 96.2 Å². The summed E-state index contributed by atoms with van der Waals surface area (Å²) in [5.74, 6) is 0.180. The lowest BCUT2D eigenvalue weighted by molar-refractivity contribution is 0.379. The molecule has 16 heavy (non-hydrogen) atoms. The average Bonchev–Trinajstić information content (AvgIpc) is 2.19. The van der Waals surface area contributed by atoms with E-state index in [1.54, 1.807) is 0 Å². The molecule has 0 atom stereocenters. The molecule has 1 heterocycles. The van der Waals surface area contributed by atoms with Gasteiger partial charge in [-0.25, -0.2) is 9.89 Å². The topological polar surface area (TPSA) is 90.6 Å². The monoisotopic (exact) mass is 242 g/mol. The molecule has 6 nitrogen and oxygen atoms in total. The van der Waals surface area contributed by atoms with Gasteiger partial charge in [-0.15, -0.1) is 5.10 Å². The fourth-order valence-corrected chi connectivity index (χ4v) is 2.65. The summed E-state index contributed by atoms with van der Waals surface area (Å²) in [6.07, 6.45) is 5.62. The Morgan fingerprint density at radius 3 is 2.75 bits per heavy atom. The maximum atomic E-state index is 11.3. The van der Waals surface area contributed by atoms with Crippen LogP contribution < -0.4 is 16.6 Å². The molecule has 88 valence electrons. The molecule has 1 aliphatic carbocycles. The Morgan fingerprint density at radius 1 is 1.50 bits per heavy atom. The van der Waals surface area contributed by atoms with Crippen molar-refractivity contribution in [3.8, 4) is 0 Å². The zero-order valence-electron chi connectivity index (χ0n) is 9.00. The highest BCUT2D eigenvalue weighted by Gasteiger charge is 2.36. The number of H-pyrrole nitrogens is 2. The van der Waals surface area contributed by atoms with E-state index < -0.39 is 11.2 Å². The van der Waals surface area contributed by atoms with Gasteiger partial charge in [-0.3, -0.25) is 9.78 Å². The quantitative estimate of drug-likeness (QED) is 0.699. The molecule has 1 aliphatic rings. The molecule has 0 radical (unpaired) electrons. The summed E-state index contributed by atoms with van der Waals surface area (Å²) in [6.45, 7) is 0.705. The summed E-state index contributed by atoms with van der Waals surface area (Å²) in [7, 11) is 0. The first-order chi connectivity index (χ1) is 7.65. The molecule has 0 aromatic carbocycles. The van der Waals surface area contributed by atoms with Gasteiger partial charge in [-0.2, -0.15) is 11.8 Å². The maximum Gasteiger partial charge on any atom is 0.342 e. The van der Waals surface area contributed by atoms with E-state index in [9.17, 15) is 9.59 Å². The van der Waals surface area contributed by atoms with Crippen LogP contribution in [0, 0.1) is 0 Å². The first kappa shape index (κ1) is 11.3. The predicted octanol–water partition coefficient (Wildman–Crippen LogP) is 0.156. The van der Waals surface area contributed by atoms with Crippen LogP contribution in [0.1, 0.15) is 19.3 Å². The molecular formula is C9H14N4O2S. The van der Waals surface area contributed by atoms with Crippen molar-refractivity contribution in [2.75, 3.05) is 18.1 Å². The van der Waals surface area contributed by atoms with Gasteiger partial charge in [-0.1, -0.05) is 6.42 Å². The molecule has 1 aromatic heterocycles. The van der Waals surface area contributed by atoms with Gasteiger partial charge in [0.05, 0.1) is 0 Å². The fraction of sp³-hybridized carbons (Fsp3) is 0.667. The molecule has 2 rings (SSSR count). The summed E-state index contributed by atoms with van der Waals surface area (Å²) in [5, 5.41) is 8.86. The summed E-state index contributed by atoms with van der Waals surface area (Å²) >= 11 is 1.81. The molecule has 0 spiro atoms. The van der Waals surface area contributed by atoms with E-state index in [1.807, 2.05) is 11.8 Å². The lowest BCUT2D eigenvalue weighted by atomic mass is 9.84. The molecule has 1 saturated carbocycles. The van der Waals surface area contributed by atoms with Crippen LogP contribution in [-0.2, 0) is 0 Å². The van der Waals surface area contributed by atoms with Crippen molar-refractivity contribution >= 4 is 17.6 Å². The second kappa shape index (κ2) is 4.32. The standard InChI is InChI=1S/C9H14N4O2S/c1-16-9(3-2-4-9)5-10-6-7(14)11-8(15)13-12-6/h2-5H2,1H3,(H,10,12)(H2,11,13,14,15). The van der Waals surface area contributed by atoms with Gasteiger partial charge in [0, 0.05) is 11.3 Å². The minimum absolute atomic E-state index is 0.180. The van der Waals surface area contributed by atoms with Gasteiger partial charge >= 0.3 is 5.69 Å². The van der Waals surface area contributed by atoms with Crippen molar-refractivity contribution in [1.82, 2.24) is 15.2 Å². The van der Waals surface area contributed by atoms with Crippen LogP contribution in [0.4, 0.5) is 5.82 Å². The third-order valence-corrected chi connectivity index (χ3v) is 4.41. The molecule has 0 aliphatic heterocycles. The Hall–Kier alpha value is -1.24. The van der Waals surface area contributed by atoms with Crippen LogP contribution in [0.3, 0.4) is 0 Å². The van der Waals surface area contributed by atoms with E-state index in [4.69, 9.17) is 0 Å². The van der Waals surface area contributed by atoms with Crippen molar-refractivity contribution in [2.45, 2.75) is 24.0 Å². The zero-order chi connectivity index (χ0) is 11.6. The lowest BCUT2D eigenvalue weighted by Crippen LogP contribution is -2.41. The van der Waals surface area contributed by atoms with Crippen LogP contribution in [0.25, 0.3) is 0 Å². The summed E-state index contributed by atoms with van der Waals surface area (Å²) in [5.41, 5.74) is -1.06. The number of hydrogen-bond donors (Lipinski definition) is 3. The van der Waals surface area contributed by atoms with Crippen molar-refractivity contribution in [3.63, 3.8) is 0 Å². The second-order valence-electron chi connectivity index (χ2n) is 3.95. The van der Waals surface area contributed by atoms with Gasteiger partial charge in [0.1, 0.15) is 0 Å². The molecule has 3 N–H and O–H groups in total. The molecule has 0 unspecified atom stereocenters. The summed E-state index contributed by atoms with van der Waals surface area (Å²) in [6, 6.07) is 0. The minimum Gasteiger partial charge on any atom is -0.363 e. The summed E-state index contributed by atoms with van der Waals surface area (Å²) in [4.78, 5) is 24.2. The van der Waals surface area contributed by atoms with Gasteiger partial charge in [0.15, 0.2) is 0 Å². The minimum atomic E-state index is -0.584. The smallest absolute Gasteiger partial charge is 0.342 e. The molecule has 1 aromatic rings. The first-order valence-corrected chi connectivity index (χ1v) is 6.36. The van der Waals surface area contributed by atoms with Crippen molar-refractivity contribution in [2.24, 2.45) is 0 Å². The lowest BCUT2D eigenvalue weighted by Gasteiger charge is -2.40. The molecule has 0 bridgehead atoms. The second-order valence-corrected chi connectivity index (χ2v) is 5.22. The number of nitrogens with zero attached hydrogens (tertiary/aromatic N) is 1. The normalized spacial score (nSPS) is 17.8. The van der Waals surface area contributed by atoms with Gasteiger partial charge in [0.25, 0.3) is 5.56 Å². The number of anilines is 1. The highest BCUT2D eigenvalue weighted by molar-refractivity contribution is 8.00. The molecule has 0 amide bonds. The molecule has 1 fully saturated rings. The Balaban J connectivity index is 2.04.